The van der Waals surface area contributed by atoms with E-state index in [1.54, 1.807) is 0 Å². The molecule has 0 saturated heterocycles. The van der Waals surface area contributed by atoms with Crippen molar-refractivity contribution in [2.24, 2.45) is 0 Å². The second-order valence-electron chi connectivity index (χ2n) is 7.85. The minimum absolute atomic E-state index is 0.0973. The van der Waals surface area contributed by atoms with Gasteiger partial charge in [-0.3, -0.25) is 14.2 Å². The summed E-state index contributed by atoms with van der Waals surface area (Å²) in [5.74, 6) is -0.0973. The summed E-state index contributed by atoms with van der Waals surface area (Å²) >= 11 is 3.56. The van der Waals surface area contributed by atoms with Crippen molar-refractivity contribution in [3.05, 3.63) is 63.6 Å². The molecule has 8 heteroatoms. The third-order valence-corrected chi connectivity index (χ3v) is 6.91. The molecule has 0 bridgehead atoms. The summed E-state index contributed by atoms with van der Waals surface area (Å²) in [6, 6.07) is 9.63. The lowest BCUT2D eigenvalue weighted by molar-refractivity contribution is 0.0954. The van der Waals surface area contributed by atoms with E-state index in [-0.39, 0.29) is 5.91 Å². The number of aryl methyl sites for hydroxylation is 3. The molecular weight excluding hydrogens is 468 g/mol. The normalized spacial score (nSPS) is 11.3. The summed E-state index contributed by atoms with van der Waals surface area (Å²) in [5, 5.41) is 12.9. The third kappa shape index (κ3) is 4.19. The van der Waals surface area contributed by atoms with E-state index in [9.17, 15) is 4.79 Å². The Labute approximate surface area is 196 Å². The molecule has 0 aliphatic rings. The van der Waals surface area contributed by atoms with Crippen molar-refractivity contribution in [2.75, 3.05) is 6.54 Å². The molecule has 0 unspecified atom stereocenters. The van der Waals surface area contributed by atoms with Crippen LogP contribution in [0.1, 0.15) is 40.8 Å². The van der Waals surface area contributed by atoms with Crippen molar-refractivity contribution in [3.63, 3.8) is 0 Å². The monoisotopic (exact) mass is 494 g/mol. The Morgan fingerprint density at radius 2 is 1.91 bits per heavy atom. The molecule has 32 heavy (non-hydrogen) atoms. The van der Waals surface area contributed by atoms with Gasteiger partial charge in [0.25, 0.3) is 5.91 Å². The summed E-state index contributed by atoms with van der Waals surface area (Å²) in [4.78, 5) is 17.9. The Morgan fingerprint density at radius 1 is 1.12 bits per heavy atom. The number of hydrogen-bond acceptors (Lipinski definition) is 4. The van der Waals surface area contributed by atoms with Crippen LogP contribution in [0.2, 0.25) is 0 Å². The van der Waals surface area contributed by atoms with Crippen molar-refractivity contribution < 1.29 is 4.79 Å². The summed E-state index contributed by atoms with van der Waals surface area (Å²) in [6.07, 6.45) is 2.61. The standard InChI is InChI=1S/C24H27BrN6O/c1-5-30-16(3)20(14-27-30)22-13-19(18-9-6-7-10-21(18)28-22)24(32)26-11-8-12-31-17(4)23(25)15(2)29-31/h6-7,9-10,13-14H,5,8,11-12H2,1-4H3,(H,26,32). The van der Waals surface area contributed by atoms with Gasteiger partial charge in [-0.2, -0.15) is 10.2 Å². The van der Waals surface area contributed by atoms with Gasteiger partial charge in [0.05, 0.1) is 33.1 Å². The summed E-state index contributed by atoms with van der Waals surface area (Å²) in [6.45, 7) is 10.2. The van der Waals surface area contributed by atoms with Crippen LogP contribution in [0.4, 0.5) is 0 Å². The fraction of sp³-hybridized carbons (Fsp3) is 0.333. The van der Waals surface area contributed by atoms with Crippen molar-refractivity contribution in [2.45, 2.75) is 47.2 Å². The number of pyridine rings is 1. The van der Waals surface area contributed by atoms with E-state index in [4.69, 9.17) is 4.98 Å². The molecule has 3 heterocycles. The van der Waals surface area contributed by atoms with Crippen LogP contribution in [0.25, 0.3) is 22.2 Å². The van der Waals surface area contributed by atoms with Gasteiger partial charge in [0, 0.05) is 42.0 Å². The van der Waals surface area contributed by atoms with Gasteiger partial charge >= 0.3 is 0 Å². The molecule has 4 aromatic rings. The van der Waals surface area contributed by atoms with Crippen molar-refractivity contribution in [1.82, 2.24) is 29.9 Å². The van der Waals surface area contributed by atoms with Gasteiger partial charge in [-0.25, -0.2) is 4.98 Å². The van der Waals surface area contributed by atoms with Crippen LogP contribution in [0, 0.1) is 20.8 Å². The number of carbonyl (C=O) groups is 1. The van der Waals surface area contributed by atoms with Gasteiger partial charge in [0.15, 0.2) is 0 Å². The molecule has 1 aromatic carbocycles. The van der Waals surface area contributed by atoms with Gasteiger partial charge in [-0.1, -0.05) is 18.2 Å². The summed E-state index contributed by atoms with van der Waals surface area (Å²) < 4.78 is 4.95. The lowest BCUT2D eigenvalue weighted by Crippen LogP contribution is -2.26. The maximum absolute atomic E-state index is 13.1. The van der Waals surface area contributed by atoms with E-state index < -0.39 is 0 Å². The molecule has 1 amide bonds. The minimum Gasteiger partial charge on any atom is -0.352 e. The molecule has 1 N–H and O–H groups in total. The molecule has 0 atom stereocenters. The van der Waals surface area contributed by atoms with Crippen LogP contribution in [0.3, 0.4) is 0 Å². The highest BCUT2D eigenvalue weighted by molar-refractivity contribution is 9.10. The Balaban J connectivity index is 1.55. The summed E-state index contributed by atoms with van der Waals surface area (Å²) in [5.41, 5.74) is 6.25. The number of carbonyl (C=O) groups excluding carboxylic acids is 1. The second kappa shape index (κ2) is 9.24. The van der Waals surface area contributed by atoms with Gasteiger partial charge in [-0.05, 0) is 62.2 Å². The Bertz CT molecular complexity index is 1290. The molecule has 0 radical (unpaired) electrons. The molecule has 4 rings (SSSR count). The van der Waals surface area contributed by atoms with Gasteiger partial charge in [0.2, 0.25) is 0 Å². The second-order valence-corrected chi connectivity index (χ2v) is 8.64. The van der Waals surface area contributed by atoms with Crippen molar-refractivity contribution in [1.29, 1.82) is 0 Å². The van der Waals surface area contributed by atoms with Gasteiger partial charge in [-0.15, -0.1) is 0 Å². The molecule has 0 saturated carbocycles. The highest BCUT2D eigenvalue weighted by Crippen LogP contribution is 2.27. The zero-order valence-corrected chi connectivity index (χ0v) is 20.4. The van der Waals surface area contributed by atoms with Crippen LogP contribution in [0.5, 0.6) is 0 Å². The molecule has 0 aliphatic carbocycles. The number of nitrogens with one attached hydrogen (secondary N) is 1. The maximum Gasteiger partial charge on any atom is 0.252 e. The number of para-hydroxylation sites is 1. The summed E-state index contributed by atoms with van der Waals surface area (Å²) in [7, 11) is 0. The fourth-order valence-corrected chi connectivity index (χ4v) is 4.22. The molecule has 0 fully saturated rings. The molecule has 0 aliphatic heterocycles. The minimum atomic E-state index is -0.0973. The molecule has 3 aromatic heterocycles. The number of halogens is 1. The van der Waals surface area contributed by atoms with Crippen molar-refractivity contribution >= 4 is 32.7 Å². The van der Waals surface area contributed by atoms with E-state index in [0.29, 0.717) is 12.1 Å². The quantitative estimate of drug-likeness (QED) is 0.373. The van der Waals surface area contributed by atoms with E-state index in [1.165, 1.54) is 0 Å². The first-order valence-corrected chi connectivity index (χ1v) is 11.6. The van der Waals surface area contributed by atoms with E-state index >= 15 is 0 Å². The largest absolute Gasteiger partial charge is 0.352 e. The molecule has 7 nitrogen and oxygen atoms in total. The number of benzene rings is 1. The van der Waals surface area contributed by atoms with Crippen LogP contribution >= 0.6 is 15.9 Å². The first-order valence-electron chi connectivity index (χ1n) is 10.8. The Morgan fingerprint density at radius 3 is 2.59 bits per heavy atom. The lowest BCUT2D eigenvalue weighted by Gasteiger charge is -2.11. The zero-order valence-electron chi connectivity index (χ0n) is 18.8. The average Bonchev–Trinajstić information content (AvgIpc) is 3.29. The smallest absolute Gasteiger partial charge is 0.252 e. The third-order valence-electron chi connectivity index (χ3n) is 5.76. The zero-order chi connectivity index (χ0) is 22.8. The molecular formula is C24H27BrN6O. The van der Waals surface area contributed by atoms with Gasteiger partial charge < -0.3 is 5.32 Å². The van der Waals surface area contributed by atoms with Crippen LogP contribution in [-0.4, -0.2) is 37.0 Å². The average molecular weight is 495 g/mol. The molecule has 166 valence electrons. The molecule has 0 spiro atoms. The van der Waals surface area contributed by atoms with Crippen LogP contribution in [0.15, 0.2) is 41.0 Å². The number of rotatable bonds is 7. The Hall–Kier alpha value is -3.00. The first kappa shape index (κ1) is 22.2. The SMILES string of the molecule is CCn1ncc(-c2cc(C(=O)NCCCn3nc(C)c(Br)c3C)c3ccccc3n2)c1C. The predicted molar refractivity (Wildman–Crippen MR) is 130 cm³/mol. The topological polar surface area (TPSA) is 77.6 Å². The first-order chi connectivity index (χ1) is 15.4. The number of nitrogens with zero attached hydrogens (tertiary/aromatic N) is 5. The van der Waals surface area contributed by atoms with Crippen LogP contribution < -0.4 is 5.32 Å². The highest BCUT2D eigenvalue weighted by atomic mass is 79.9. The number of fused-ring (bicyclic) bond motifs is 1. The number of aromatic nitrogens is 5. The van der Waals surface area contributed by atoms with E-state index in [1.807, 2.05) is 66.7 Å². The number of amides is 1. The van der Waals surface area contributed by atoms with E-state index in [2.05, 4.69) is 38.4 Å². The predicted octanol–water partition coefficient (Wildman–Crippen LogP) is 4.82. The Kier molecular flexibility index (Phi) is 6.41. The lowest BCUT2D eigenvalue weighted by atomic mass is 10.0. The van der Waals surface area contributed by atoms with E-state index in [0.717, 1.165) is 63.2 Å². The fourth-order valence-electron chi connectivity index (χ4n) is 3.94. The number of hydrogen-bond donors (Lipinski definition) is 1. The van der Waals surface area contributed by atoms with Crippen molar-refractivity contribution in [3.8, 4) is 11.3 Å². The van der Waals surface area contributed by atoms with Crippen LogP contribution in [-0.2, 0) is 13.1 Å². The highest BCUT2D eigenvalue weighted by Gasteiger charge is 2.16. The van der Waals surface area contributed by atoms with Gasteiger partial charge in [0.1, 0.15) is 0 Å². The maximum atomic E-state index is 13.1.